The van der Waals surface area contributed by atoms with Crippen molar-refractivity contribution in [3.63, 3.8) is 0 Å². The van der Waals surface area contributed by atoms with Crippen LogP contribution in [0.15, 0.2) is 173 Å². The fraction of sp³-hybridized carbons (Fsp3) is 0.120. The van der Waals surface area contributed by atoms with Gasteiger partial charge in [-0.1, -0.05) is 159 Å². The van der Waals surface area contributed by atoms with Crippen LogP contribution in [0.5, 0.6) is 0 Å². The smallest absolute Gasteiger partial charge is 0.113 e. The predicted molar refractivity (Wildman–Crippen MR) is 245 cm³/mol. The summed E-state index contributed by atoms with van der Waals surface area (Å²) in [6.45, 7) is 10.3. The Balaban J connectivity index is 1.29. The molecular weight excluding hydrogens is 767 g/mol. The highest BCUT2D eigenvalue weighted by Crippen LogP contribution is 2.66. The molecule has 0 amide bonds. The first kappa shape index (κ1) is 33.4. The first-order chi connectivity index (χ1) is 27.3. The summed E-state index contributed by atoms with van der Waals surface area (Å²) in [5, 5.41) is 9.89. The van der Waals surface area contributed by atoms with E-state index >= 15 is 0 Å². The SMILES string of the molecule is C[Si]1(C)c2ccccc2C2(c3ccccc31)c1cc(N3c4ccccc4Sc4ccccc43)sc1C1(c3ccccc3[Si](C)(C)c3ccccc31)c1ccsc12. The molecule has 0 saturated carbocycles. The zero-order chi connectivity index (χ0) is 37.6. The maximum atomic E-state index is 2.64. The van der Waals surface area contributed by atoms with E-state index in [2.05, 4.69) is 194 Å². The van der Waals surface area contributed by atoms with Crippen molar-refractivity contribution in [3.05, 3.63) is 206 Å². The highest BCUT2D eigenvalue weighted by atomic mass is 32.2. The molecule has 6 heteroatoms. The molecular formula is C50H39NS3Si2. The van der Waals surface area contributed by atoms with Gasteiger partial charge < -0.3 is 0 Å². The molecule has 0 N–H and O–H groups in total. The molecule has 3 aliphatic heterocycles. The number of para-hydroxylation sites is 2. The molecule has 2 spiro atoms. The third-order valence-electron chi connectivity index (χ3n) is 13.5. The van der Waals surface area contributed by atoms with Crippen LogP contribution in [-0.2, 0) is 10.8 Å². The van der Waals surface area contributed by atoms with Crippen molar-refractivity contribution in [1.29, 1.82) is 0 Å². The van der Waals surface area contributed by atoms with Crippen LogP contribution in [0.25, 0.3) is 0 Å². The van der Waals surface area contributed by atoms with Gasteiger partial charge in [0.25, 0.3) is 0 Å². The van der Waals surface area contributed by atoms with E-state index < -0.39 is 27.0 Å². The number of hydrogen-bond acceptors (Lipinski definition) is 4. The van der Waals surface area contributed by atoms with Gasteiger partial charge in [-0.15, -0.1) is 22.7 Å². The minimum atomic E-state index is -2.07. The molecule has 0 unspecified atom stereocenters. The molecule has 1 nitrogen and oxygen atoms in total. The van der Waals surface area contributed by atoms with Gasteiger partial charge in [-0.05, 0) is 95.9 Å². The van der Waals surface area contributed by atoms with Crippen molar-refractivity contribution < 1.29 is 0 Å². The van der Waals surface area contributed by atoms with Gasteiger partial charge in [-0.2, -0.15) is 0 Å². The van der Waals surface area contributed by atoms with E-state index in [1.165, 1.54) is 69.3 Å². The second-order valence-electron chi connectivity index (χ2n) is 16.8. The Labute approximate surface area is 343 Å². The highest BCUT2D eigenvalue weighted by Gasteiger charge is 2.62. The molecule has 0 saturated heterocycles. The van der Waals surface area contributed by atoms with Gasteiger partial charge in [0, 0.05) is 19.5 Å². The van der Waals surface area contributed by atoms with Gasteiger partial charge >= 0.3 is 0 Å². The van der Waals surface area contributed by atoms with Crippen molar-refractivity contribution in [1.82, 2.24) is 0 Å². The molecule has 56 heavy (non-hydrogen) atoms. The van der Waals surface area contributed by atoms with Crippen LogP contribution in [-0.4, -0.2) is 16.1 Å². The summed E-state index contributed by atoms with van der Waals surface area (Å²) < 4.78 is 0. The standard InChI is InChI=1S/C50H39NS3Si2/c1-55(2)42-25-13-5-17-32(42)49(33-18-6-14-26-43(33)55)36-29-30-52-47(36)50(34-19-7-15-27-44(34)56(3,4)45-28-16-8-20-35(45)50)37-31-46(54-48(37)49)51-38-21-9-11-23-40(38)53-41-24-12-10-22-39(41)51/h5-31H,1-4H3. The molecule has 12 rings (SSSR count). The number of anilines is 3. The van der Waals surface area contributed by atoms with Crippen LogP contribution in [0.4, 0.5) is 16.4 Å². The zero-order valence-corrected chi connectivity index (χ0v) is 36.2. The quantitative estimate of drug-likeness (QED) is 0.152. The molecule has 2 aromatic heterocycles. The number of nitrogens with zero attached hydrogens (tertiary/aromatic N) is 1. The Bertz CT molecular complexity index is 2660. The molecule has 5 heterocycles. The summed E-state index contributed by atoms with van der Waals surface area (Å²) in [5.74, 6) is 0. The second kappa shape index (κ2) is 11.5. The van der Waals surface area contributed by atoms with Crippen LogP contribution in [0.2, 0.25) is 26.2 Å². The second-order valence-corrected chi connectivity index (χ2v) is 28.5. The van der Waals surface area contributed by atoms with Crippen LogP contribution in [0.1, 0.15) is 43.1 Å². The summed E-state index contributed by atoms with van der Waals surface area (Å²) >= 11 is 5.89. The highest BCUT2D eigenvalue weighted by molar-refractivity contribution is 7.99. The fourth-order valence-corrected chi connectivity index (χ4v) is 21.3. The summed E-state index contributed by atoms with van der Waals surface area (Å²) in [6.07, 6.45) is 0. The number of rotatable bonds is 1. The topological polar surface area (TPSA) is 3.24 Å². The van der Waals surface area contributed by atoms with E-state index in [1.807, 2.05) is 34.4 Å². The van der Waals surface area contributed by atoms with Crippen molar-refractivity contribution >= 4 is 87.7 Å². The van der Waals surface area contributed by atoms with Gasteiger partial charge in [-0.3, -0.25) is 4.90 Å². The first-order valence-electron chi connectivity index (χ1n) is 19.6. The van der Waals surface area contributed by atoms with E-state index in [9.17, 15) is 0 Å². The van der Waals surface area contributed by atoms with Gasteiger partial charge in [-0.25, -0.2) is 0 Å². The van der Waals surface area contributed by atoms with Crippen LogP contribution >= 0.6 is 34.4 Å². The lowest BCUT2D eigenvalue weighted by Gasteiger charge is -2.54. The average molecular weight is 806 g/mol. The Hall–Kier alpha value is -4.70. The van der Waals surface area contributed by atoms with Crippen LogP contribution in [0.3, 0.4) is 0 Å². The predicted octanol–water partition coefficient (Wildman–Crippen LogP) is 11.1. The summed E-state index contributed by atoms with van der Waals surface area (Å²) in [7, 11) is -4.13. The first-order valence-corrected chi connectivity index (χ1v) is 28.1. The Morgan fingerprint density at radius 1 is 0.429 bits per heavy atom. The lowest BCUT2D eigenvalue weighted by Crippen LogP contribution is -2.66. The molecule has 8 aromatic rings. The number of fused-ring (bicyclic) bond motifs is 16. The van der Waals surface area contributed by atoms with Gasteiger partial charge in [0.1, 0.15) is 21.1 Å². The summed E-state index contributed by atoms with van der Waals surface area (Å²) in [4.78, 5) is 8.10. The molecule has 0 radical (unpaired) electrons. The third-order valence-corrected chi connectivity index (χ3v) is 24.1. The average Bonchev–Trinajstić information content (AvgIpc) is 3.91. The number of hydrogen-bond donors (Lipinski definition) is 0. The molecule has 0 bridgehead atoms. The van der Waals surface area contributed by atoms with Gasteiger partial charge in [0.2, 0.25) is 0 Å². The lowest BCUT2D eigenvalue weighted by molar-refractivity contribution is 0.646. The lowest BCUT2D eigenvalue weighted by atomic mass is 9.55. The van der Waals surface area contributed by atoms with Crippen molar-refractivity contribution in [2.24, 2.45) is 0 Å². The summed E-state index contributed by atoms with van der Waals surface area (Å²) in [6, 6.07) is 61.3. The molecule has 270 valence electrons. The van der Waals surface area contributed by atoms with Crippen molar-refractivity contribution in [2.75, 3.05) is 4.90 Å². The van der Waals surface area contributed by atoms with Crippen LogP contribution in [0, 0.1) is 0 Å². The van der Waals surface area contributed by atoms with E-state index in [4.69, 9.17) is 0 Å². The normalized spacial score (nSPS) is 17.8. The van der Waals surface area contributed by atoms with Gasteiger partial charge in [0.15, 0.2) is 0 Å². The summed E-state index contributed by atoms with van der Waals surface area (Å²) in [5.41, 5.74) is 10.4. The molecule has 1 aliphatic carbocycles. The molecule has 0 atom stereocenters. The minimum absolute atomic E-state index is 0.466. The fourth-order valence-electron chi connectivity index (χ4n) is 11.2. The molecule has 4 aliphatic rings. The third kappa shape index (κ3) is 3.92. The van der Waals surface area contributed by atoms with E-state index in [1.54, 1.807) is 20.7 Å². The van der Waals surface area contributed by atoms with Crippen molar-refractivity contribution in [3.8, 4) is 0 Å². The van der Waals surface area contributed by atoms with E-state index in [-0.39, 0.29) is 0 Å². The Morgan fingerprint density at radius 2 is 0.839 bits per heavy atom. The zero-order valence-electron chi connectivity index (χ0n) is 31.8. The maximum absolute atomic E-state index is 2.64. The number of thiophene rings is 2. The largest absolute Gasteiger partial charge is 0.300 e. The Kier molecular flexibility index (Phi) is 6.84. The molecule has 0 fully saturated rings. The van der Waals surface area contributed by atoms with Crippen molar-refractivity contribution in [2.45, 2.75) is 46.8 Å². The van der Waals surface area contributed by atoms with Crippen LogP contribution < -0.4 is 25.6 Å². The van der Waals surface area contributed by atoms with Gasteiger partial charge in [0.05, 0.1) is 22.2 Å². The minimum Gasteiger partial charge on any atom is -0.300 e. The molecule has 6 aromatic carbocycles. The number of benzene rings is 6. The monoisotopic (exact) mass is 805 g/mol. The maximum Gasteiger partial charge on any atom is 0.113 e. The van der Waals surface area contributed by atoms with E-state index in [0.717, 1.165) is 0 Å². The van der Waals surface area contributed by atoms with E-state index in [0.29, 0.717) is 0 Å². The Morgan fingerprint density at radius 3 is 1.32 bits per heavy atom.